The third-order valence-corrected chi connectivity index (χ3v) is 3.98. The second kappa shape index (κ2) is 5.33. The van der Waals surface area contributed by atoms with Gasteiger partial charge in [-0.05, 0) is 28.1 Å². The molecule has 1 aromatic heterocycles. The zero-order chi connectivity index (χ0) is 12.4. The molecule has 0 aliphatic heterocycles. The summed E-state index contributed by atoms with van der Waals surface area (Å²) in [6.07, 6.45) is 0. The molecule has 0 fully saturated rings. The monoisotopic (exact) mass is 337 g/mol. The molecule has 0 atom stereocenters. The van der Waals surface area contributed by atoms with Crippen LogP contribution in [-0.4, -0.2) is 0 Å². The van der Waals surface area contributed by atoms with Crippen molar-refractivity contribution in [3.05, 3.63) is 49.6 Å². The zero-order valence-electron chi connectivity index (χ0n) is 8.44. The molecule has 0 saturated heterocycles. The molecule has 0 aliphatic rings. The maximum absolute atomic E-state index is 13.4. The Morgan fingerprint density at radius 3 is 2.65 bits per heavy atom. The summed E-state index contributed by atoms with van der Waals surface area (Å²) < 4.78 is 26.6. The molecule has 1 heterocycles. The number of hydrogen-bond acceptors (Lipinski definition) is 2. The van der Waals surface area contributed by atoms with Crippen molar-refractivity contribution < 1.29 is 8.78 Å². The van der Waals surface area contributed by atoms with Crippen molar-refractivity contribution in [3.8, 4) is 0 Å². The van der Waals surface area contributed by atoms with E-state index in [1.807, 2.05) is 0 Å². The van der Waals surface area contributed by atoms with Crippen molar-refractivity contribution >= 4 is 44.6 Å². The molecule has 17 heavy (non-hydrogen) atoms. The van der Waals surface area contributed by atoms with Gasteiger partial charge in [-0.15, -0.1) is 11.3 Å². The molecular formula is C11H7BrClF2NS. The molecule has 0 aliphatic carbocycles. The lowest BCUT2D eigenvalue weighted by atomic mass is 10.3. The molecule has 0 amide bonds. The van der Waals surface area contributed by atoms with Crippen LogP contribution in [0.3, 0.4) is 0 Å². The largest absolute Gasteiger partial charge is 0.378 e. The van der Waals surface area contributed by atoms with Gasteiger partial charge in [-0.25, -0.2) is 8.78 Å². The number of thiophene rings is 1. The molecule has 6 heteroatoms. The molecule has 0 bridgehead atoms. The SMILES string of the molecule is Fc1cc(F)c(NCc2cc(Cl)cs2)cc1Br. The first-order valence-electron chi connectivity index (χ1n) is 4.67. The molecule has 2 rings (SSSR count). The molecule has 0 saturated carbocycles. The van der Waals surface area contributed by atoms with Crippen molar-refractivity contribution in [2.45, 2.75) is 6.54 Å². The standard InChI is InChI=1S/C11H7BrClF2NS/c12-8-2-11(10(15)3-9(8)14)16-4-7-1-6(13)5-17-7/h1-3,5,16H,4H2. The average molecular weight is 339 g/mol. The lowest BCUT2D eigenvalue weighted by Crippen LogP contribution is -2.00. The van der Waals surface area contributed by atoms with Crippen LogP contribution >= 0.6 is 38.9 Å². The quantitative estimate of drug-likeness (QED) is 0.772. The van der Waals surface area contributed by atoms with E-state index in [9.17, 15) is 8.78 Å². The molecule has 2 aromatic rings. The Kier molecular flexibility index (Phi) is 4.01. The van der Waals surface area contributed by atoms with Gasteiger partial charge in [0.15, 0.2) is 0 Å². The number of hydrogen-bond donors (Lipinski definition) is 1. The van der Waals surface area contributed by atoms with Crippen LogP contribution in [0.4, 0.5) is 14.5 Å². The van der Waals surface area contributed by atoms with E-state index in [0.717, 1.165) is 10.9 Å². The van der Waals surface area contributed by atoms with Gasteiger partial charge in [-0.1, -0.05) is 11.6 Å². The van der Waals surface area contributed by atoms with E-state index in [4.69, 9.17) is 11.6 Å². The molecule has 0 spiro atoms. The molecule has 90 valence electrons. The molecule has 1 nitrogen and oxygen atoms in total. The Morgan fingerprint density at radius 2 is 2.00 bits per heavy atom. The van der Waals surface area contributed by atoms with Crippen LogP contribution < -0.4 is 5.32 Å². The Hall–Kier alpha value is -0.650. The van der Waals surface area contributed by atoms with Crippen LogP contribution in [0.25, 0.3) is 0 Å². The van der Waals surface area contributed by atoms with Gasteiger partial charge in [-0.3, -0.25) is 0 Å². The first-order chi connectivity index (χ1) is 8.06. The van der Waals surface area contributed by atoms with Crippen LogP contribution in [0, 0.1) is 11.6 Å². The number of halogens is 4. The van der Waals surface area contributed by atoms with Gasteiger partial charge < -0.3 is 5.32 Å². The number of benzene rings is 1. The van der Waals surface area contributed by atoms with Crippen LogP contribution in [0.15, 0.2) is 28.1 Å². The van der Waals surface area contributed by atoms with Crippen LogP contribution in [-0.2, 0) is 6.54 Å². The predicted molar refractivity (Wildman–Crippen MR) is 70.7 cm³/mol. The summed E-state index contributed by atoms with van der Waals surface area (Å²) in [5.41, 5.74) is 0.253. The van der Waals surface area contributed by atoms with Crippen LogP contribution in [0.2, 0.25) is 5.02 Å². The van der Waals surface area contributed by atoms with E-state index >= 15 is 0 Å². The molecule has 1 N–H and O–H groups in total. The van der Waals surface area contributed by atoms with Crippen LogP contribution in [0.5, 0.6) is 0 Å². The minimum atomic E-state index is -0.618. The van der Waals surface area contributed by atoms with Gasteiger partial charge in [0.05, 0.1) is 15.2 Å². The van der Waals surface area contributed by atoms with Gasteiger partial charge in [0.1, 0.15) is 11.6 Å². The van der Waals surface area contributed by atoms with Crippen molar-refractivity contribution in [3.63, 3.8) is 0 Å². The van der Waals surface area contributed by atoms with Gasteiger partial charge in [0.25, 0.3) is 0 Å². The molecular weight excluding hydrogens is 332 g/mol. The summed E-state index contributed by atoms with van der Waals surface area (Å²) >= 11 is 10.3. The fourth-order valence-electron chi connectivity index (χ4n) is 1.29. The topological polar surface area (TPSA) is 12.0 Å². The highest BCUT2D eigenvalue weighted by Crippen LogP contribution is 2.25. The van der Waals surface area contributed by atoms with Crippen molar-refractivity contribution in [2.75, 3.05) is 5.32 Å². The van der Waals surface area contributed by atoms with Crippen LogP contribution in [0.1, 0.15) is 4.88 Å². The third-order valence-electron chi connectivity index (χ3n) is 2.08. The maximum Gasteiger partial charge on any atom is 0.149 e. The van der Waals surface area contributed by atoms with Gasteiger partial charge in [-0.2, -0.15) is 0 Å². The van der Waals surface area contributed by atoms with Crippen molar-refractivity contribution in [1.82, 2.24) is 0 Å². The summed E-state index contributed by atoms with van der Waals surface area (Å²) in [5, 5.41) is 5.35. The average Bonchev–Trinajstić information content (AvgIpc) is 2.68. The molecule has 0 radical (unpaired) electrons. The van der Waals surface area contributed by atoms with E-state index in [1.54, 1.807) is 11.4 Å². The highest BCUT2D eigenvalue weighted by atomic mass is 79.9. The first-order valence-corrected chi connectivity index (χ1v) is 6.72. The fraction of sp³-hybridized carbons (Fsp3) is 0.0909. The summed E-state index contributed by atoms with van der Waals surface area (Å²) in [6, 6.07) is 4.02. The number of anilines is 1. The Labute approximate surface area is 115 Å². The second-order valence-electron chi connectivity index (χ2n) is 3.33. The highest BCUT2D eigenvalue weighted by molar-refractivity contribution is 9.10. The minimum absolute atomic E-state index is 0.227. The van der Waals surface area contributed by atoms with E-state index in [-0.39, 0.29) is 10.2 Å². The smallest absolute Gasteiger partial charge is 0.149 e. The third kappa shape index (κ3) is 3.18. The number of rotatable bonds is 3. The first kappa shape index (κ1) is 12.8. The van der Waals surface area contributed by atoms with E-state index in [0.29, 0.717) is 11.6 Å². The molecule has 1 aromatic carbocycles. The Morgan fingerprint density at radius 1 is 1.24 bits per heavy atom. The van der Waals surface area contributed by atoms with E-state index in [1.165, 1.54) is 17.4 Å². The number of nitrogens with one attached hydrogen (secondary N) is 1. The van der Waals surface area contributed by atoms with E-state index < -0.39 is 11.6 Å². The lowest BCUT2D eigenvalue weighted by Gasteiger charge is -2.07. The van der Waals surface area contributed by atoms with Crippen molar-refractivity contribution in [1.29, 1.82) is 0 Å². The van der Waals surface area contributed by atoms with Gasteiger partial charge >= 0.3 is 0 Å². The maximum atomic E-state index is 13.4. The lowest BCUT2D eigenvalue weighted by molar-refractivity contribution is 0.580. The normalized spacial score (nSPS) is 10.6. The van der Waals surface area contributed by atoms with E-state index in [2.05, 4.69) is 21.2 Å². The summed E-state index contributed by atoms with van der Waals surface area (Å²) in [6.45, 7) is 0.451. The molecule has 0 unspecified atom stereocenters. The summed E-state index contributed by atoms with van der Waals surface area (Å²) in [7, 11) is 0. The predicted octanol–water partition coefficient (Wildman–Crippen LogP) is 5.05. The van der Waals surface area contributed by atoms with Crippen molar-refractivity contribution in [2.24, 2.45) is 0 Å². The Bertz CT molecular complexity index is 544. The Balaban J connectivity index is 2.11. The summed E-state index contributed by atoms with van der Waals surface area (Å²) in [4.78, 5) is 0.981. The zero-order valence-corrected chi connectivity index (χ0v) is 11.6. The summed E-state index contributed by atoms with van der Waals surface area (Å²) in [5.74, 6) is -1.24. The minimum Gasteiger partial charge on any atom is -0.378 e. The van der Waals surface area contributed by atoms with Gasteiger partial charge in [0.2, 0.25) is 0 Å². The van der Waals surface area contributed by atoms with Gasteiger partial charge in [0, 0.05) is 22.9 Å². The fourth-order valence-corrected chi connectivity index (χ4v) is 2.64. The highest BCUT2D eigenvalue weighted by Gasteiger charge is 2.08. The second-order valence-corrected chi connectivity index (χ2v) is 5.62.